The Balaban J connectivity index is 1.50. The normalized spacial score (nSPS) is 12.1. The predicted octanol–water partition coefficient (Wildman–Crippen LogP) is 7.30. The van der Waals surface area contributed by atoms with Crippen LogP contribution in [0.25, 0.3) is 22.3 Å². The standard InChI is InChI=1S/C29H26N2/c1-19-15-20(2)29(21(3)16-19)31-30-18-23-10-5-7-12-25(23)27-14-8-13-26-24-11-6-4-9-22(24)17-28(26)27/h4-16,18,31H,17H2,1-3H3. The van der Waals surface area contributed by atoms with Crippen LogP contribution in [0.1, 0.15) is 33.4 Å². The van der Waals surface area contributed by atoms with Crippen molar-refractivity contribution in [2.75, 3.05) is 5.43 Å². The quantitative estimate of drug-likeness (QED) is 0.248. The molecule has 5 rings (SSSR count). The first-order valence-corrected chi connectivity index (χ1v) is 10.8. The van der Waals surface area contributed by atoms with Gasteiger partial charge in [0.15, 0.2) is 0 Å². The van der Waals surface area contributed by atoms with Gasteiger partial charge in [-0.05, 0) is 71.7 Å². The molecule has 2 nitrogen and oxygen atoms in total. The minimum atomic E-state index is 0.979. The molecule has 1 N–H and O–H groups in total. The van der Waals surface area contributed by atoms with Crippen molar-refractivity contribution in [1.29, 1.82) is 0 Å². The van der Waals surface area contributed by atoms with Gasteiger partial charge in [0.1, 0.15) is 0 Å². The third-order valence-corrected chi connectivity index (χ3v) is 6.16. The molecule has 0 spiro atoms. The van der Waals surface area contributed by atoms with E-state index in [-0.39, 0.29) is 0 Å². The smallest absolute Gasteiger partial charge is 0.0620 e. The van der Waals surface area contributed by atoms with E-state index in [0.717, 1.165) is 17.7 Å². The van der Waals surface area contributed by atoms with E-state index in [1.807, 2.05) is 6.21 Å². The van der Waals surface area contributed by atoms with E-state index < -0.39 is 0 Å². The van der Waals surface area contributed by atoms with Gasteiger partial charge in [-0.2, -0.15) is 5.10 Å². The van der Waals surface area contributed by atoms with E-state index >= 15 is 0 Å². The van der Waals surface area contributed by atoms with Crippen LogP contribution in [-0.2, 0) is 6.42 Å². The van der Waals surface area contributed by atoms with Gasteiger partial charge in [0.2, 0.25) is 0 Å². The van der Waals surface area contributed by atoms with Gasteiger partial charge in [-0.25, -0.2) is 0 Å². The van der Waals surface area contributed by atoms with Crippen molar-refractivity contribution in [2.24, 2.45) is 5.10 Å². The molecule has 0 saturated heterocycles. The Morgan fingerprint density at radius 3 is 2.10 bits per heavy atom. The highest BCUT2D eigenvalue weighted by molar-refractivity contribution is 5.94. The maximum Gasteiger partial charge on any atom is 0.0620 e. The van der Waals surface area contributed by atoms with Gasteiger partial charge in [-0.3, -0.25) is 5.43 Å². The fourth-order valence-electron chi connectivity index (χ4n) is 4.79. The first-order chi connectivity index (χ1) is 15.1. The molecule has 0 aromatic heterocycles. The van der Waals surface area contributed by atoms with Gasteiger partial charge < -0.3 is 0 Å². The average Bonchev–Trinajstić information content (AvgIpc) is 3.15. The number of nitrogens with one attached hydrogen (secondary N) is 1. The molecule has 0 atom stereocenters. The fraction of sp³-hybridized carbons (Fsp3) is 0.138. The molecular weight excluding hydrogens is 376 g/mol. The first kappa shape index (κ1) is 19.3. The van der Waals surface area contributed by atoms with Crippen LogP contribution in [0, 0.1) is 20.8 Å². The number of rotatable bonds is 4. The van der Waals surface area contributed by atoms with E-state index in [2.05, 4.69) is 110 Å². The Hall–Kier alpha value is -3.65. The zero-order valence-corrected chi connectivity index (χ0v) is 18.2. The summed E-state index contributed by atoms with van der Waals surface area (Å²) in [7, 11) is 0. The SMILES string of the molecule is Cc1cc(C)c(NN=Cc2ccccc2-c2cccc3c2Cc2ccccc2-3)c(C)c1. The molecule has 0 heterocycles. The zero-order chi connectivity index (χ0) is 21.4. The third-order valence-electron chi connectivity index (χ3n) is 6.16. The van der Waals surface area contributed by atoms with Gasteiger partial charge in [-0.15, -0.1) is 0 Å². The van der Waals surface area contributed by atoms with Crippen LogP contribution >= 0.6 is 0 Å². The first-order valence-electron chi connectivity index (χ1n) is 10.8. The van der Waals surface area contributed by atoms with Crippen molar-refractivity contribution in [1.82, 2.24) is 0 Å². The summed E-state index contributed by atoms with van der Waals surface area (Å²) in [6.07, 6.45) is 2.92. The lowest BCUT2D eigenvalue weighted by Gasteiger charge is -2.12. The lowest BCUT2D eigenvalue weighted by molar-refractivity contribution is 1.25. The van der Waals surface area contributed by atoms with Gasteiger partial charge in [0, 0.05) is 5.56 Å². The van der Waals surface area contributed by atoms with Crippen molar-refractivity contribution in [2.45, 2.75) is 27.2 Å². The van der Waals surface area contributed by atoms with Crippen LogP contribution in [0.3, 0.4) is 0 Å². The topological polar surface area (TPSA) is 24.4 Å². The number of nitrogens with zero attached hydrogens (tertiary/aromatic N) is 1. The molecule has 152 valence electrons. The molecule has 4 aromatic rings. The number of anilines is 1. The van der Waals surface area contributed by atoms with E-state index in [9.17, 15) is 0 Å². The molecule has 31 heavy (non-hydrogen) atoms. The Morgan fingerprint density at radius 2 is 1.32 bits per heavy atom. The van der Waals surface area contributed by atoms with E-state index in [4.69, 9.17) is 0 Å². The number of hydrogen-bond donors (Lipinski definition) is 1. The molecule has 0 fully saturated rings. The van der Waals surface area contributed by atoms with E-state index in [1.165, 1.54) is 50.1 Å². The minimum absolute atomic E-state index is 0.979. The highest BCUT2D eigenvalue weighted by atomic mass is 15.3. The summed E-state index contributed by atoms with van der Waals surface area (Å²) in [4.78, 5) is 0. The fourth-order valence-corrected chi connectivity index (χ4v) is 4.79. The van der Waals surface area contributed by atoms with Gasteiger partial charge in [0.25, 0.3) is 0 Å². The number of benzene rings is 4. The highest BCUT2D eigenvalue weighted by Gasteiger charge is 2.21. The summed E-state index contributed by atoms with van der Waals surface area (Å²) in [6, 6.07) is 28.3. The maximum atomic E-state index is 4.61. The van der Waals surface area contributed by atoms with E-state index in [0.29, 0.717) is 0 Å². The summed E-state index contributed by atoms with van der Waals surface area (Å²) in [5.41, 5.74) is 17.2. The largest absolute Gasteiger partial charge is 0.278 e. The second-order valence-corrected chi connectivity index (χ2v) is 8.40. The Kier molecular flexibility index (Phi) is 4.91. The van der Waals surface area contributed by atoms with Crippen molar-refractivity contribution < 1.29 is 0 Å². The molecular formula is C29H26N2. The lowest BCUT2D eigenvalue weighted by Crippen LogP contribution is -1.98. The minimum Gasteiger partial charge on any atom is -0.278 e. The van der Waals surface area contributed by atoms with Gasteiger partial charge in [-0.1, -0.05) is 84.4 Å². The van der Waals surface area contributed by atoms with Crippen molar-refractivity contribution in [3.8, 4) is 22.3 Å². The molecule has 2 heteroatoms. The van der Waals surface area contributed by atoms with E-state index in [1.54, 1.807) is 0 Å². The lowest BCUT2D eigenvalue weighted by atomic mass is 9.93. The van der Waals surface area contributed by atoms with Crippen LogP contribution < -0.4 is 5.43 Å². The summed E-state index contributed by atoms with van der Waals surface area (Å²) in [6.45, 7) is 6.37. The Morgan fingerprint density at radius 1 is 0.710 bits per heavy atom. The monoisotopic (exact) mass is 402 g/mol. The average molecular weight is 403 g/mol. The van der Waals surface area contributed by atoms with Crippen molar-refractivity contribution >= 4 is 11.9 Å². The van der Waals surface area contributed by atoms with Crippen molar-refractivity contribution in [3.05, 3.63) is 112 Å². The number of aryl methyl sites for hydroxylation is 3. The van der Waals surface area contributed by atoms with Gasteiger partial charge in [0.05, 0.1) is 11.9 Å². The molecule has 0 bridgehead atoms. The summed E-state index contributed by atoms with van der Waals surface area (Å²) >= 11 is 0. The third kappa shape index (κ3) is 3.55. The number of fused-ring (bicyclic) bond motifs is 3. The van der Waals surface area contributed by atoms with Crippen molar-refractivity contribution in [3.63, 3.8) is 0 Å². The summed E-state index contributed by atoms with van der Waals surface area (Å²) < 4.78 is 0. The Bertz CT molecular complexity index is 1290. The molecule has 0 radical (unpaired) electrons. The number of hydrogen-bond acceptors (Lipinski definition) is 2. The molecule has 4 aromatic carbocycles. The van der Waals surface area contributed by atoms with Crippen LogP contribution in [0.2, 0.25) is 0 Å². The summed E-state index contributed by atoms with van der Waals surface area (Å²) in [5, 5.41) is 4.61. The maximum absolute atomic E-state index is 4.61. The molecule has 1 aliphatic rings. The molecule has 1 aliphatic carbocycles. The van der Waals surface area contributed by atoms with Crippen LogP contribution in [-0.4, -0.2) is 6.21 Å². The molecule has 0 aliphatic heterocycles. The molecule has 0 amide bonds. The second kappa shape index (κ2) is 7.88. The zero-order valence-electron chi connectivity index (χ0n) is 18.2. The summed E-state index contributed by atoms with van der Waals surface area (Å²) in [5.74, 6) is 0. The highest BCUT2D eigenvalue weighted by Crippen LogP contribution is 2.41. The predicted molar refractivity (Wildman–Crippen MR) is 132 cm³/mol. The van der Waals surface area contributed by atoms with Gasteiger partial charge >= 0.3 is 0 Å². The number of hydrazone groups is 1. The molecule has 0 unspecified atom stereocenters. The Labute approximate surface area is 184 Å². The van der Waals surface area contributed by atoms with Crippen LogP contribution in [0.4, 0.5) is 5.69 Å². The van der Waals surface area contributed by atoms with Crippen LogP contribution in [0.5, 0.6) is 0 Å². The molecule has 0 saturated carbocycles. The second-order valence-electron chi connectivity index (χ2n) is 8.40. The van der Waals surface area contributed by atoms with Crippen LogP contribution in [0.15, 0.2) is 84.0 Å².